The van der Waals surface area contributed by atoms with E-state index >= 15 is 0 Å². The summed E-state index contributed by atoms with van der Waals surface area (Å²) in [6.07, 6.45) is 4.94. The van der Waals surface area contributed by atoms with E-state index in [1.807, 2.05) is 0 Å². The van der Waals surface area contributed by atoms with Crippen LogP contribution in [0.2, 0.25) is 5.02 Å². The number of hydrogen-bond donors (Lipinski definition) is 1. The normalized spacial score (nSPS) is 13.4. The van der Waals surface area contributed by atoms with Gasteiger partial charge in [0.1, 0.15) is 16.6 Å². The SMILES string of the molecule is N#Cc1c(NC(=O)c2ccc(Cl)cc2[N+](=O)[O-])sc2c1CCCCC2. The molecule has 128 valence electrons. The molecule has 1 N–H and O–H groups in total. The van der Waals surface area contributed by atoms with Gasteiger partial charge in [-0.1, -0.05) is 18.0 Å². The lowest BCUT2D eigenvalue weighted by Gasteiger charge is -2.05. The summed E-state index contributed by atoms with van der Waals surface area (Å²) in [5, 5.41) is 24.0. The molecule has 0 saturated heterocycles. The molecule has 0 bridgehead atoms. The van der Waals surface area contributed by atoms with Gasteiger partial charge in [-0.3, -0.25) is 14.9 Å². The zero-order valence-electron chi connectivity index (χ0n) is 13.2. The first-order valence-electron chi connectivity index (χ1n) is 7.81. The van der Waals surface area contributed by atoms with Gasteiger partial charge in [0.05, 0.1) is 10.5 Å². The second-order valence-corrected chi connectivity index (χ2v) is 7.29. The molecule has 0 saturated carbocycles. The molecule has 8 heteroatoms. The molecule has 6 nitrogen and oxygen atoms in total. The molecule has 0 radical (unpaired) electrons. The van der Waals surface area contributed by atoms with Crippen LogP contribution in [0.5, 0.6) is 0 Å². The monoisotopic (exact) mass is 375 g/mol. The third kappa shape index (κ3) is 3.50. The number of carbonyl (C=O) groups excluding carboxylic acids is 1. The summed E-state index contributed by atoms with van der Waals surface area (Å²) >= 11 is 7.17. The van der Waals surface area contributed by atoms with Gasteiger partial charge >= 0.3 is 0 Å². The second-order valence-electron chi connectivity index (χ2n) is 5.75. The number of thiophene rings is 1. The van der Waals surface area contributed by atoms with Gasteiger partial charge < -0.3 is 5.32 Å². The number of nitro benzene ring substituents is 1. The molecular formula is C17H14ClN3O3S. The highest BCUT2D eigenvalue weighted by Crippen LogP contribution is 2.37. The average Bonchev–Trinajstić information content (AvgIpc) is 2.74. The number of fused-ring (bicyclic) bond motifs is 1. The second kappa shape index (κ2) is 7.21. The lowest BCUT2D eigenvalue weighted by atomic mass is 10.1. The summed E-state index contributed by atoms with van der Waals surface area (Å²) in [6.45, 7) is 0. The Kier molecular flexibility index (Phi) is 5.02. The van der Waals surface area contributed by atoms with Crippen molar-refractivity contribution in [2.45, 2.75) is 32.1 Å². The van der Waals surface area contributed by atoms with Gasteiger partial charge in [0.25, 0.3) is 11.6 Å². The topological polar surface area (TPSA) is 96.0 Å². The minimum absolute atomic E-state index is 0.0816. The van der Waals surface area contributed by atoms with E-state index in [4.69, 9.17) is 11.6 Å². The average molecular weight is 376 g/mol. The van der Waals surface area contributed by atoms with Gasteiger partial charge in [0, 0.05) is 16.0 Å². The molecule has 1 aromatic heterocycles. The van der Waals surface area contributed by atoms with E-state index in [1.165, 1.54) is 23.5 Å². The number of aryl methyl sites for hydroxylation is 1. The molecule has 1 aliphatic rings. The summed E-state index contributed by atoms with van der Waals surface area (Å²) in [5.41, 5.74) is 1.04. The van der Waals surface area contributed by atoms with E-state index in [0.29, 0.717) is 10.6 Å². The van der Waals surface area contributed by atoms with Crippen molar-refractivity contribution in [3.63, 3.8) is 0 Å². The number of hydrogen-bond acceptors (Lipinski definition) is 5. The standard InChI is InChI=1S/C17H14ClN3O3S/c18-10-6-7-12(14(8-10)21(23)24)16(22)20-17-13(9-19)11-4-2-1-3-5-15(11)25-17/h6-8H,1-5H2,(H,20,22). The molecule has 1 aliphatic carbocycles. The van der Waals surface area contributed by atoms with Crippen LogP contribution < -0.4 is 5.32 Å². The van der Waals surface area contributed by atoms with Crippen molar-refractivity contribution in [3.05, 3.63) is 54.9 Å². The van der Waals surface area contributed by atoms with Gasteiger partial charge in [-0.25, -0.2) is 0 Å². The van der Waals surface area contributed by atoms with E-state index in [0.717, 1.165) is 48.6 Å². The van der Waals surface area contributed by atoms with Crippen molar-refractivity contribution >= 4 is 39.5 Å². The first-order valence-corrected chi connectivity index (χ1v) is 9.00. The Labute approximate surface area is 153 Å². The van der Waals surface area contributed by atoms with Crippen LogP contribution in [-0.4, -0.2) is 10.8 Å². The number of rotatable bonds is 3. The molecule has 1 aromatic carbocycles. The Morgan fingerprint density at radius 2 is 2.08 bits per heavy atom. The van der Waals surface area contributed by atoms with Crippen molar-refractivity contribution in [3.8, 4) is 6.07 Å². The minimum atomic E-state index is -0.643. The molecule has 0 spiro atoms. The minimum Gasteiger partial charge on any atom is -0.312 e. The zero-order valence-corrected chi connectivity index (χ0v) is 14.7. The summed E-state index contributed by atoms with van der Waals surface area (Å²) in [5.74, 6) is -0.615. The smallest absolute Gasteiger partial charge is 0.283 e. The van der Waals surface area contributed by atoms with Crippen LogP contribution >= 0.6 is 22.9 Å². The Hall–Kier alpha value is -2.43. The fourth-order valence-corrected chi connectivity index (χ4v) is 4.37. The molecule has 2 aromatic rings. The number of carbonyl (C=O) groups is 1. The molecular weight excluding hydrogens is 362 g/mol. The third-order valence-corrected chi connectivity index (χ3v) is 5.60. The Morgan fingerprint density at radius 3 is 2.80 bits per heavy atom. The number of nitriles is 1. The molecule has 0 aliphatic heterocycles. The predicted octanol–water partition coefficient (Wildman–Crippen LogP) is 4.70. The van der Waals surface area contributed by atoms with Crippen molar-refractivity contribution in [2.75, 3.05) is 5.32 Å². The Morgan fingerprint density at radius 1 is 1.32 bits per heavy atom. The number of halogens is 1. The molecule has 0 unspecified atom stereocenters. The quantitative estimate of drug-likeness (QED) is 0.477. The van der Waals surface area contributed by atoms with Crippen LogP contribution in [0.3, 0.4) is 0 Å². The van der Waals surface area contributed by atoms with E-state index in [1.54, 1.807) is 0 Å². The van der Waals surface area contributed by atoms with Gasteiger partial charge in [0.15, 0.2) is 0 Å². The highest BCUT2D eigenvalue weighted by Gasteiger charge is 2.25. The predicted molar refractivity (Wildman–Crippen MR) is 96.4 cm³/mol. The van der Waals surface area contributed by atoms with Crippen molar-refractivity contribution in [1.82, 2.24) is 0 Å². The van der Waals surface area contributed by atoms with Crippen molar-refractivity contribution in [2.24, 2.45) is 0 Å². The van der Waals surface area contributed by atoms with E-state index in [2.05, 4.69) is 11.4 Å². The van der Waals surface area contributed by atoms with Crippen LogP contribution in [0.1, 0.15) is 45.6 Å². The van der Waals surface area contributed by atoms with Crippen LogP contribution in [0.25, 0.3) is 0 Å². The largest absolute Gasteiger partial charge is 0.312 e. The van der Waals surface area contributed by atoms with E-state index in [-0.39, 0.29) is 16.3 Å². The Bertz CT molecular complexity index is 901. The molecule has 1 heterocycles. The first kappa shape index (κ1) is 17.4. The summed E-state index contributed by atoms with van der Waals surface area (Å²) in [4.78, 5) is 24.2. The molecule has 0 fully saturated rings. The van der Waals surface area contributed by atoms with E-state index in [9.17, 15) is 20.2 Å². The maximum absolute atomic E-state index is 12.5. The first-order chi connectivity index (χ1) is 12.0. The van der Waals surface area contributed by atoms with Gasteiger partial charge in [-0.15, -0.1) is 11.3 Å². The number of amides is 1. The van der Waals surface area contributed by atoms with Crippen molar-refractivity contribution < 1.29 is 9.72 Å². The highest BCUT2D eigenvalue weighted by atomic mass is 35.5. The maximum Gasteiger partial charge on any atom is 0.283 e. The van der Waals surface area contributed by atoms with Crippen molar-refractivity contribution in [1.29, 1.82) is 5.26 Å². The lowest BCUT2D eigenvalue weighted by Crippen LogP contribution is -2.14. The van der Waals surface area contributed by atoms with Gasteiger partial charge in [-0.2, -0.15) is 5.26 Å². The third-order valence-electron chi connectivity index (χ3n) is 4.16. The number of nitrogens with one attached hydrogen (secondary N) is 1. The summed E-state index contributed by atoms with van der Waals surface area (Å²) in [7, 11) is 0. The highest BCUT2D eigenvalue weighted by molar-refractivity contribution is 7.16. The van der Waals surface area contributed by atoms with Gasteiger partial charge in [0.2, 0.25) is 0 Å². The van der Waals surface area contributed by atoms with Crippen LogP contribution in [0, 0.1) is 21.4 Å². The molecule has 25 heavy (non-hydrogen) atoms. The molecule has 3 rings (SSSR count). The van der Waals surface area contributed by atoms with E-state index < -0.39 is 10.8 Å². The zero-order chi connectivity index (χ0) is 18.0. The number of nitrogens with zero attached hydrogens (tertiary/aromatic N) is 2. The maximum atomic E-state index is 12.5. The van der Waals surface area contributed by atoms with Crippen LogP contribution in [-0.2, 0) is 12.8 Å². The Balaban J connectivity index is 1.95. The summed E-state index contributed by atoms with van der Waals surface area (Å²) in [6, 6.07) is 6.07. The van der Waals surface area contributed by atoms with Crippen LogP contribution in [0.15, 0.2) is 18.2 Å². The number of benzene rings is 1. The molecule has 1 amide bonds. The number of nitro groups is 1. The van der Waals surface area contributed by atoms with Gasteiger partial charge in [-0.05, 0) is 43.4 Å². The summed E-state index contributed by atoms with van der Waals surface area (Å²) < 4.78 is 0. The number of anilines is 1. The fraction of sp³-hybridized carbons (Fsp3) is 0.294. The fourth-order valence-electron chi connectivity index (χ4n) is 2.97. The molecule has 0 atom stereocenters. The lowest BCUT2D eigenvalue weighted by molar-refractivity contribution is -0.385. The van der Waals surface area contributed by atoms with Crippen LogP contribution in [0.4, 0.5) is 10.7 Å².